The van der Waals surface area contributed by atoms with Gasteiger partial charge in [0.25, 0.3) is 5.91 Å². The van der Waals surface area contributed by atoms with Crippen molar-refractivity contribution in [2.45, 2.75) is 12.8 Å². The topological polar surface area (TPSA) is 133 Å². The van der Waals surface area contributed by atoms with Crippen molar-refractivity contribution in [2.75, 3.05) is 19.0 Å². The number of nitrogens with one attached hydrogen (secondary N) is 1. The molecule has 1 heterocycles. The number of amides is 2. The molecule has 0 aliphatic carbocycles. The van der Waals surface area contributed by atoms with E-state index in [9.17, 15) is 24.3 Å². The standard InChI is InChI=1S/C23H20N2O7S2/c1-32-22(31)14-6-4-13(5-7-14)11-18-20(28)25(23(33)34-18)10-2-3-19(27)24-15-8-9-16(21(29)30)17(26)12-15/h4-9,11-12,26H,2-3,10H2,1H3,(H,24,27)(H,29,30)/b18-11-. The summed E-state index contributed by atoms with van der Waals surface area (Å²) in [4.78, 5) is 49.3. The molecule has 2 aromatic carbocycles. The number of esters is 1. The first-order valence-corrected chi connectivity index (χ1v) is 11.2. The van der Waals surface area contributed by atoms with E-state index in [0.29, 0.717) is 21.2 Å². The molecule has 0 spiro atoms. The Kier molecular flexibility index (Phi) is 8.03. The van der Waals surface area contributed by atoms with Crippen LogP contribution in [0, 0.1) is 0 Å². The van der Waals surface area contributed by atoms with Gasteiger partial charge in [0.05, 0.1) is 17.6 Å². The Balaban J connectivity index is 1.54. The predicted octanol–water partition coefficient (Wildman–Crippen LogP) is 3.50. The fourth-order valence-electron chi connectivity index (χ4n) is 3.09. The number of methoxy groups -OCH3 is 1. The molecule has 11 heteroatoms. The SMILES string of the molecule is COC(=O)c1ccc(/C=C2\SC(=S)N(CCCC(=O)Nc3ccc(C(=O)O)c(O)c3)C2=O)cc1. The van der Waals surface area contributed by atoms with Crippen LogP contribution >= 0.6 is 24.0 Å². The van der Waals surface area contributed by atoms with Gasteiger partial charge in [0.1, 0.15) is 15.6 Å². The molecule has 1 aliphatic heterocycles. The summed E-state index contributed by atoms with van der Waals surface area (Å²) in [5.74, 6) is -2.78. The summed E-state index contributed by atoms with van der Waals surface area (Å²) >= 11 is 6.46. The van der Waals surface area contributed by atoms with Gasteiger partial charge in [-0.2, -0.15) is 0 Å². The maximum Gasteiger partial charge on any atom is 0.339 e. The second-order valence-corrected chi connectivity index (χ2v) is 8.81. The van der Waals surface area contributed by atoms with Crippen LogP contribution in [0.5, 0.6) is 5.75 Å². The summed E-state index contributed by atoms with van der Waals surface area (Å²) in [6.45, 7) is 0.250. The number of benzene rings is 2. The summed E-state index contributed by atoms with van der Waals surface area (Å²) in [7, 11) is 1.30. The molecule has 0 atom stereocenters. The van der Waals surface area contributed by atoms with Crippen LogP contribution in [0.4, 0.5) is 5.69 Å². The molecule has 0 saturated carbocycles. The van der Waals surface area contributed by atoms with E-state index in [1.54, 1.807) is 30.3 Å². The number of aromatic hydroxyl groups is 1. The number of hydrogen-bond donors (Lipinski definition) is 3. The predicted molar refractivity (Wildman–Crippen MR) is 131 cm³/mol. The van der Waals surface area contributed by atoms with Crippen molar-refractivity contribution in [2.24, 2.45) is 0 Å². The van der Waals surface area contributed by atoms with Crippen LogP contribution in [-0.4, -0.2) is 56.8 Å². The lowest BCUT2D eigenvalue weighted by atomic mass is 10.1. The summed E-state index contributed by atoms with van der Waals surface area (Å²) < 4.78 is 5.05. The average Bonchev–Trinajstić information content (AvgIpc) is 3.06. The third kappa shape index (κ3) is 6.00. The number of nitrogens with zero attached hydrogens (tertiary/aromatic N) is 1. The number of thioether (sulfide) groups is 1. The van der Waals surface area contributed by atoms with Crippen molar-refractivity contribution >= 4 is 63.8 Å². The number of rotatable bonds is 8. The van der Waals surface area contributed by atoms with Crippen LogP contribution in [-0.2, 0) is 14.3 Å². The number of ether oxygens (including phenoxy) is 1. The zero-order chi connectivity index (χ0) is 24.8. The van der Waals surface area contributed by atoms with Crippen molar-refractivity contribution in [3.05, 3.63) is 64.1 Å². The molecular formula is C23H20N2O7S2. The first-order valence-electron chi connectivity index (χ1n) is 9.99. The number of hydrogen-bond acceptors (Lipinski definition) is 8. The Morgan fingerprint density at radius 1 is 1.18 bits per heavy atom. The minimum Gasteiger partial charge on any atom is -0.507 e. The van der Waals surface area contributed by atoms with Crippen LogP contribution in [0.1, 0.15) is 39.1 Å². The molecule has 2 amide bonds. The lowest BCUT2D eigenvalue weighted by molar-refractivity contribution is -0.122. The van der Waals surface area contributed by atoms with Crippen LogP contribution in [0.25, 0.3) is 6.08 Å². The van der Waals surface area contributed by atoms with Gasteiger partial charge in [-0.15, -0.1) is 0 Å². The highest BCUT2D eigenvalue weighted by atomic mass is 32.2. The van der Waals surface area contributed by atoms with Crippen molar-refractivity contribution in [1.82, 2.24) is 4.90 Å². The number of thiocarbonyl (C=S) groups is 1. The van der Waals surface area contributed by atoms with Gasteiger partial charge in [-0.1, -0.05) is 36.1 Å². The minimum absolute atomic E-state index is 0.0898. The molecule has 1 fully saturated rings. The number of carbonyl (C=O) groups is 4. The highest BCUT2D eigenvalue weighted by Crippen LogP contribution is 2.32. The molecule has 0 aromatic heterocycles. The van der Waals surface area contributed by atoms with Gasteiger partial charge in [0.2, 0.25) is 5.91 Å². The van der Waals surface area contributed by atoms with Crippen molar-refractivity contribution in [3.8, 4) is 5.75 Å². The van der Waals surface area contributed by atoms with Gasteiger partial charge in [0, 0.05) is 24.7 Å². The highest BCUT2D eigenvalue weighted by molar-refractivity contribution is 8.26. The number of carbonyl (C=O) groups excluding carboxylic acids is 3. The number of anilines is 1. The van der Waals surface area contributed by atoms with E-state index in [1.165, 1.54) is 24.1 Å². The summed E-state index contributed by atoms with van der Waals surface area (Å²) in [5.41, 5.74) is 1.13. The van der Waals surface area contributed by atoms with Gasteiger partial charge in [-0.25, -0.2) is 9.59 Å². The number of phenols is 1. The van der Waals surface area contributed by atoms with Crippen molar-refractivity contribution in [1.29, 1.82) is 0 Å². The number of aromatic carboxylic acids is 1. The Hall–Kier alpha value is -3.70. The fourth-order valence-corrected chi connectivity index (χ4v) is 4.40. The highest BCUT2D eigenvalue weighted by Gasteiger charge is 2.31. The molecule has 0 unspecified atom stereocenters. The molecule has 1 saturated heterocycles. The quantitative estimate of drug-likeness (QED) is 0.283. The first kappa shape index (κ1) is 24.9. The van der Waals surface area contributed by atoms with Crippen LogP contribution < -0.4 is 5.32 Å². The smallest absolute Gasteiger partial charge is 0.339 e. The zero-order valence-corrected chi connectivity index (χ0v) is 19.6. The Labute approximate surface area is 204 Å². The van der Waals surface area contributed by atoms with E-state index in [1.807, 2.05) is 0 Å². The Bertz CT molecular complexity index is 1190. The lowest BCUT2D eigenvalue weighted by Gasteiger charge is -2.14. The molecule has 0 radical (unpaired) electrons. The Morgan fingerprint density at radius 2 is 1.88 bits per heavy atom. The third-order valence-corrected chi connectivity index (χ3v) is 6.18. The van der Waals surface area contributed by atoms with Crippen LogP contribution in [0.3, 0.4) is 0 Å². The summed E-state index contributed by atoms with van der Waals surface area (Å²) in [6.07, 6.45) is 2.12. The second kappa shape index (κ2) is 10.9. The van der Waals surface area contributed by atoms with Gasteiger partial charge in [-0.05, 0) is 42.3 Å². The number of carboxylic acid groups (broad SMARTS) is 1. The maximum absolute atomic E-state index is 12.7. The molecular weight excluding hydrogens is 480 g/mol. The van der Waals surface area contributed by atoms with Crippen LogP contribution in [0.15, 0.2) is 47.4 Å². The molecule has 176 valence electrons. The average molecular weight is 501 g/mol. The number of carboxylic acids is 1. The van der Waals surface area contributed by atoms with E-state index >= 15 is 0 Å². The van der Waals surface area contributed by atoms with E-state index in [2.05, 4.69) is 10.1 Å². The van der Waals surface area contributed by atoms with E-state index in [4.69, 9.17) is 17.3 Å². The van der Waals surface area contributed by atoms with E-state index in [0.717, 1.165) is 23.4 Å². The van der Waals surface area contributed by atoms with Gasteiger partial charge in [-0.3, -0.25) is 14.5 Å². The molecule has 3 N–H and O–H groups in total. The molecule has 3 rings (SSSR count). The first-order chi connectivity index (χ1) is 16.2. The normalized spacial score (nSPS) is 14.4. The molecule has 9 nitrogen and oxygen atoms in total. The second-order valence-electron chi connectivity index (χ2n) is 7.14. The third-order valence-electron chi connectivity index (χ3n) is 4.80. The summed E-state index contributed by atoms with van der Waals surface area (Å²) in [6, 6.07) is 10.3. The summed E-state index contributed by atoms with van der Waals surface area (Å²) in [5, 5.41) is 21.2. The molecule has 1 aliphatic rings. The van der Waals surface area contributed by atoms with E-state index < -0.39 is 17.7 Å². The molecule has 0 bridgehead atoms. The van der Waals surface area contributed by atoms with Gasteiger partial charge >= 0.3 is 11.9 Å². The van der Waals surface area contributed by atoms with Crippen molar-refractivity contribution in [3.63, 3.8) is 0 Å². The Morgan fingerprint density at radius 3 is 2.50 bits per heavy atom. The lowest BCUT2D eigenvalue weighted by Crippen LogP contribution is -2.29. The largest absolute Gasteiger partial charge is 0.507 e. The maximum atomic E-state index is 12.7. The fraction of sp³-hybridized carbons (Fsp3) is 0.174. The minimum atomic E-state index is -1.27. The molecule has 34 heavy (non-hydrogen) atoms. The van der Waals surface area contributed by atoms with Crippen LogP contribution in [0.2, 0.25) is 0 Å². The molecule has 2 aromatic rings. The van der Waals surface area contributed by atoms with Gasteiger partial charge in [0.15, 0.2) is 0 Å². The van der Waals surface area contributed by atoms with Gasteiger partial charge < -0.3 is 20.3 Å². The monoisotopic (exact) mass is 500 g/mol. The zero-order valence-electron chi connectivity index (χ0n) is 17.9. The van der Waals surface area contributed by atoms with Crippen molar-refractivity contribution < 1.29 is 34.1 Å². The van der Waals surface area contributed by atoms with E-state index in [-0.39, 0.29) is 36.0 Å².